The Kier molecular flexibility index (Phi) is 3.92. The molecule has 0 spiro atoms. The van der Waals surface area contributed by atoms with Gasteiger partial charge >= 0.3 is 0 Å². The summed E-state index contributed by atoms with van der Waals surface area (Å²) in [5.74, 6) is -0.593. The summed E-state index contributed by atoms with van der Waals surface area (Å²) in [5, 5.41) is 12.8. The normalized spacial score (nSPS) is 11.8. The summed E-state index contributed by atoms with van der Waals surface area (Å²) in [6, 6.07) is 2.82. The first-order chi connectivity index (χ1) is 9.39. The summed E-state index contributed by atoms with van der Waals surface area (Å²) >= 11 is 0. The molecule has 1 N–H and O–H groups in total. The van der Waals surface area contributed by atoms with Crippen LogP contribution in [-0.2, 0) is 16.6 Å². The minimum atomic E-state index is -3.45. The molecule has 0 atom stereocenters. The highest BCUT2D eigenvalue weighted by molar-refractivity contribution is 7.89. The highest BCUT2D eigenvalue weighted by atomic mass is 32.2. The van der Waals surface area contributed by atoms with Crippen LogP contribution < -0.4 is 0 Å². The van der Waals surface area contributed by atoms with E-state index in [1.54, 1.807) is 6.92 Å². The van der Waals surface area contributed by atoms with Crippen LogP contribution in [0.5, 0.6) is 0 Å². The Morgan fingerprint density at radius 3 is 2.70 bits per heavy atom. The van der Waals surface area contributed by atoms with E-state index in [0.717, 1.165) is 9.65 Å². The second kappa shape index (κ2) is 5.34. The third-order valence-corrected chi connectivity index (χ3v) is 4.58. The molecular weight excluding hydrogens is 283 g/mol. The van der Waals surface area contributed by atoms with E-state index < -0.39 is 15.8 Å². The summed E-state index contributed by atoms with van der Waals surface area (Å²) in [4.78, 5) is 0. The third kappa shape index (κ3) is 2.59. The van der Waals surface area contributed by atoms with Gasteiger partial charge in [-0.25, -0.2) is 12.8 Å². The third-order valence-electron chi connectivity index (χ3n) is 3.08. The summed E-state index contributed by atoms with van der Waals surface area (Å²) in [7, 11) is -3.45. The van der Waals surface area contributed by atoms with Crippen molar-refractivity contribution >= 4 is 10.0 Å². The Morgan fingerprint density at radius 1 is 1.40 bits per heavy atom. The molecule has 0 aliphatic carbocycles. The Labute approximate surface area is 116 Å². The minimum absolute atomic E-state index is 0.0646. The zero-order valence-corrected chi connectivity index (χ0v) is 12.0. The van der Waals surface area contributed by atoms with Crippen molar-refractivity contribution < 1.29 is 17.9 Å². The number of benzene rings is 1. The van der Waals surface area contributed by atoms with Gasteiger partial charge in [0.25, 0.3) is 10.0 Å². The molecule has 7 heteroatoms. The summed E-state index contributed by atoms with van der Waals surface area (Å²) in [5.41, 5.74) is 2.02. The molecule has 0 radical (unpaired) electrons. The maximum atomic E-state index is 13.7. The van der Waals surface area contributed by atoms with Crippen molar-refractivity contribution in [2.45, 2.75) is 20.5 Å². The molecule has 0 amide bonds. The van der Waals surface area contributed by atoms with E-state index in [-0.39, 0.29) is 17.9 Å². The average Bonchev–Trinajstić information content (AvgIpc) is 2.91. The minimum Gasteiger partial charge on any atom is -0.392 e. The molecule has 20 heavy (non-hydrogen) atoms. The SMILES string of the molecule is CCS(=O)(=O)n1cc(-c2cc(F)c(CO)cc2C)cn1. The van der Waals surface area contributed by atoms with Crippen molar-refractivity contribution in [3.63, 3.8) is 0 Å². The summed E-state index contributed by atoms with van der Waals surface area (Å²) in [6.07, 6.45) is 2.74. The van der Waals surface area contributed by atoms with Gasteiger partial charge in [0.15, 0.2) is 0 Å². The predicted octanol–water partition coefficient (Wildman–Crippen LogP) is 1.69. The first-order valence-electron chi connectivity index (χ1n) is 6.07. The van der Waals surface area contributed by atoms with Crippen LogP contribution in [0, 0.1) is 12.7 Å². The van der Waals surface area contributed by atoms with Gasteiger partial charge in [-0.3, -0.25) is 0 Å². The molecule has 0 unspecified atom stereocenters. The molecule has 2 rings (SSSR count). The average molecular weight is 298 g/mol. The largest absolute Gasteiger partial charge is 0.392 e. The van der Waals surface area contributed by atoms with Crippen molar-refractivity contribution in [2.75, 3.05) is 5.75 Å². The van der Waals surface area contributed by atoms with E-state index in [4.69, 9.17) is 5.11 Å². The number of halogens is 1. The van der Waals surface area contributed by atoms with Crippen molar-refractivity contribution in [3.05, 3.63) is 41.5 Å². The number of hydrogen-bond acceptors (Lipinski definition) is 4. The maximum Gasteiger partial charge on any atom is 0.253 e. The predicted molar refractivity (Wildman–Crippen MR) is 73.1 cm³/mol. The number of aliphatic hydroxyl groups excluding tert-OH is 1. The van der Waals surface area contributed by atoms with E-state index in [1.165, 1.54) is 31.5 Å². The molecule has 1 aromatic carbocycles. The molecule has 0 saturated heterocycles. The number of aryl methyl sites for hydroxylation is 1. The quantitative estimate of drug-likeness (QED) is 0.932. The fourth-order valence-corrected chi connectivity index (χ4v) is 2.63. The summed E-state index contributed by atoms with van der Waals surface area (Å²) in [6.45, 7) is 2.91. The second-order valence-electron chi connectivity index (χ2n) is 4.42. The molecule has 0 aliphatic heterocycles. The highest BCUT2D eigenvalue weighted by Gasteiger charge is 2.15. The van der Waals surface area contributed by atoms with Crippen LogP contribution in [0.25, 0.3) is 11.1 Å². The lowest BCUT2D eigenvalue weighted by Gasteiger charge is -2.07. The highest BCUT2D eigenvalue weighted by Crippen LogP contribution is 2.26. The van der Waals surface area contributed by atoms with Crippen molar-refractivity contribution in [3.8, 4) is 11.1 Å². The second-order valence-corrected chi connectivity index (χ2v) is 6.53. The van der Waals surface area contributed by atoms with Crippen LogP contribution in [0.1, 0.15) is 18.1 Å². The molecule has 0 fully saturated rings. The lowest BCUT2D eigenvalue weighted by atomic mass is 10.0. The van der Waals surface area contributed by atoms with Gasteiger partial charge in [-0.05, 0) is 31.0 Å². The number of aromatic nitrogens is 2. The van der Waals surface area contributed by atoms with Crippen LogP contribution in [0.2, 0.25) is 0 Å². The van der Waals surface area contributed by atoms with Gasteiger partial charge < -0.3 is 5.11 Å². The number of aliphatic hydroxyl groups is 1. The van der Waals surface area contributed by atoms with E-state index in [0.29, 0.717) is 11.1 Å². The molecule has 5 nitrogen and oxygen atoms in total. The van der Waals surface area contributed by atoms with Gasteiger partial charge in [-0.1, -0.05) is 6.07 Å². The van der Waals surface area contributed by atoms with Gasteiger partial charge in [0.05, 0.1) is 24.8 Å². The van der Waals surface area contributed by atoms with Crippen molar-refractivity contribution in [1.29, 1.82) is 0 Å². The van der Waals surface area contributed by atoms with Gasteiger partial charge in [0.2, 0.25) is 0 Å². The Morgan fingerprint density at radius 2 is 2.10 bits per heavy atom. The van der Waals surface area contributed by atoms with E-state index in [2.05, 4.69) is 5.10 Å². The smallest absolute Gasteiger partial charge is 0.253 e. The molecule has 2 aromatic rings. The maximum absolute atomic E-state index is 13.7. The number of rotatable bonds is 4. The molecular formula is C13H15FN2O3S. The van der Waals surface area contributed by atoms with Crippen LogP contribution in [0.4, 0.5) is 4.39 Å². The first kappa shape index (κ1) is 14.7. The summed E-state index contributed by atoms with van der Waals surface area (Å²) < 4.78 is 38.0. The monoisotopic (exact) mass is 298 g/mol. The Balaban J connectivity index is 2.51. The van der Waals surface area contributed by atoms with Gasteiger partial charge in [-0.2, -0.15) is 9.19 Å². The van der Waals surface area contributed by atoms with Gasteiger partial charge in [-0.15, -0.1) is 0 Å². The van der Waals surface area contributed by atoms with Crippen LogP contribution in [-0.4, -0.2) is 28.5 Å². The van der Waals surface area contributed by atoms with Crippen molar-refractivity contribution in [1.82, 2.24) is 9.19 Å². The lowest BCUT2D eigenvalue weighted by Crippen LogP contribution is -2.14. The van der Waals surface area contributed by atoms with Crippen LogP contribution in [0.3, 0.4) is 0 Å². The molecule has 108 valence electrons. The van der Waals surface area contributed by atoms with Crippen LogP contribution in [0.15, 0.2) is 24.5 Å². The number of nitrogens with zero attached hydrogens (tertiary/aromatic N) is 2. The van der Waals surface area contributed by atoms with Crippen LogP contribution >= 0.6 is 0 Å². The Bertz CT molecular complexity index is 738. The number of hydrogen-bond donors (Lipinski definition) is 1. The van der Waals surface area contributed by atoms with E-state index in [1.807, 2.05) is 0 Å². The molecule has 1 aromatic heterocycles. The first-order valence-corrected chi connectivity index (χ1v) is 7.68. The fraction of sp³-hybridized carbons (Fsp3) is 0.308. The molecule has 0 aliphatic rings. The zero-order chi connectivity index (χ0) is 14.9. The van der Waals surface area contributed by atoms with E-state index >= 15 is 0 Å². The molecule has 1 heterocycles. The lowest BCUT2D eigenvalue weighted by molar-refractivity contribution is 0.275. The topological polar surface area (TPSA) is 72.2 Å². The zero-order valence-electron chi connectivity index (χ0n) is 11.2. The molecule has 0 saturated carbocycles. The Hall–Kier alpha value is -1.73. The molecule has 0 bridgehead atoms. The standard InChI is InChI=1S/C13H15FN2O3S/c1-3-20(18,19)16-7-11(6-15-16)12-5-13(14)10(8-17)4-9(12)2/h4-7,17H,3,8H2,1-2H3. The van der Waals surface area contributed by atoms with Gasteiger partial charge in [0.1, 0.15) is 5.82 Å². The van der Waals surface area contributed by atoms with E-state index in [9.17, 15) is 12.8 Å². The van der Waals surface area contributed by atoms with Gasteiger partial charge in [0, 0.05) is 11.1 Å². The fourth-order valence-electron chi connectivity index (χ4n) is 1.90. The van der Waals surface area contributed by atoms with Crippen molar-refractivity contribution in [2.24, 2.45) is 0 Å².